The van der Waals surface area contributed by atoms with Gasteiger partial charge in [-0.15, -0.1) is 0 Å². The number of methoxy groups -OCH3 is 1. The molecular formula is C13H18FN3O. The number of halogens is 1. The molecular weight excluding hydrogens is 233 g/mol. The van der Waals surface area contributed by atoms with E-state index in [0.717, 1.165) is 43.4 Å². The number of anilines is 1. The van der Waals surface area contributed by atoms with Crippen molar-refractivity contribution >= 4 is 17.0 Å². The van der Waals surface area contributed by atoms with E-state index < -0.39 is 0 Å². The van der Waals surface area contributed by atoms with Crippen molar-refractivity contribution in [1.29, 1.82) is 0 Å². The number of nitrogens with one attached hydrogen (secondary N) is 2. The summed E-state index contributed by atoms with van der Waals surface area (Å²) in [6.07, 6.45) is 3.26. The fourth-order valence-electron chi connectivity index (χ4n) is 1.82. The maximum Gasteiger partial charge on any atom is 0.201 e. The summed E-state index contributed by atoms with van der Waals surface area (Å²) in [5.41, 5.74) is 1.50. The molecule has 0 spiro atoms. The van der Waals surface area contributed by atoms with Gasteiger partial charge in [0, 0.05) is 20.3 Å². The zero-order valence-electron chi connectivity index (χ0n) is 10.5. The Labute approximate surface area is 106 Å². The predicted octanol–water partition coefficient (Wildman–Crippen LogP) is 2.93. The second-order valence-electron chi connectivity index (χ2n) is 4.23. The summed E-state index contributed by atoms with van der Waals surface area (Å²) in [7, 11) is 1.71. The van der Waals surface area contributed by atoms with E-state index in [1.54, 1.807) is 13.2 Å². The third-order valence-corrected chi connectivity index (χ3v) is 2.76. The third kappa shape index (κ3) is 3.43. The second-order valence-corrected chi connectivity index (χ2v) is 4.23. The van der Waals surface area contributed by atoms with Gasteiger partial charge in [0.25, 0.3) is 0 Å². The van der Waals surface area contributed by atoms with Crippen molar-refractivity contribution in [2.45, 2.75) is 19.3 Å². The van der Waals surface area contributed by atoms with Crippen molar-refractivity contribution in [2.24, 2.45) is 0 Å². The molecule has 1 aromatic heterocycles. The number of rotatable bonds is 7. The van der Waals surface area contributed by atoms with Crippen LogP contribution in [0.1, 0.15) is 19.3 Å². The number of nitrogens with zero attached hydrogens (tertiary/aromatic N) is 1. The fraction of sp³-hybridized carbons (Fsp3) is 0.462. The number of aromatic amines is 1. The highest BCUT2D eigenvalue weighted by Gasteiger charge is 2.02. The largest absolute Gasteiger partial charge is 0.385 e. The highest BCUT2D eigenvalue weighted by atomic mass is 19.1. The van der Waals surface area contributed by atoms with Crippen LogP contribution in [0.15, 0.2) is 18.2 Å². The zero-order valence-corrected chi connectivity index (χ0v) is 10.5. The minimum atomic E-state index is -0.253. The molecule has 0 amide bonds. The maximum absolute atomic E-state index is 13.0. The van der Waals surface area contributed by atoms with E-state index in [-0.39, 0.29) is 5.82 Å². The summed E-state index contributed by atoms with van der Waals surface area (Å²) >= 11 is 0. The quantitative estimate of drug-likeness (QED) is 0.744. The van der Waals surface area contributed by atoms with Crippen LogP contribution >= 0.6 is 0 Å². The van der Waals surface area contributed by atoms with E-state index >= 15 is 0 Å². The molecule has 0 bridgehead atoms. The molecule has 1 heterocycles. The lowest BCUT2D eigenvalue weighted by Crippen LogP contribution is -2.03. The standard InChI is InChI=1S/C13H18FN3O/c1-18-8-4-2-3-7-15-13-16-11-6-5-10(14)9-12(11)17-13/h5-6,9H,2-4,7-8H2,1H3,(H2,15,16,17). The molecule has 2 N–H and O–H groups in total. The molecule has 0 saturated carbocycles. The molecule has 2 aromatic rings. The van der Waals surface area contributed by atoms with Gasteiger partial charge in [-0.1, -0.05) is 0 Å². The topological polar surface area (TPSA) is 49.9 Å². The average molecular weight is 251 g/mol. The molecule has 5 heteroatoms. The molecule has 0 saturated heterocycles. The highest BCUT2D eigenvalue weighted by molar-refractivity contribution is 5.77. The third-order valence-electron chi connectivity index (χ3n) is 2.76. The normalized spacial score (nSPS) is 11.0. The van der Waals surface area contributed by atoms with Crippen molar-refractivity contribution in [2.75, 3.05) is 25.6 Å². The van der Waals surface area contributed by atoms with E-state index in [2.05, 4.69) is 15.3 Å². The van der Waals surface area contributed by atoms with Gasteiger partial charge in [0.15, 0.2) is 0 Å². The van der Waals surface area contributed by atoms with E-state index in [4.69, 9.17) is 4.74 Å². The van der Waals surface area contributed by atoms with Gasteiger partial charge in [0.2, 0.25) is 5.95 Å². The van der Waals surface area contributed by atoms with E-state index in [1.165, 1.54) is 12.1 Å². The van der Waals surface area contributed by atoms with Gasteiger partial charge in [0.1, 0.15) is 5.82 Å². The van der Waals surface area contributed by atoms with Gasteiger partial charge in [-0.2, -0.15) is 0 Å². The second kappa shape index (κ2) is 6.35. The van der Waals surface area contributed by atoms with E-state index in [0.29, 0.717) is 5.95 Å². The van der Waals surface area contributed by atoms with Gasteiger partial charge in [-0.05, 0) is 37.5 Å². The van der Waals surface area contributed by atoms with Gasteiger partial charge >= 0.3 is 0 Å². The lowest BCUT2D eigenvalue weighted by atomic mass is 10.2. The number of hydrogen-bond acceptors (Lipinski definition) is 3. The van der Waals surface area contributed by atoms with Crippen LogP contribution in [0.2, 0.25) is 0 Å². The van der Waals surface area contributed by atoms with Crippen LogP contribution in [-0.2, 0) is 4.74 Å². The minimum absolute atomic E-state index is 0.253. The molecule has 0 aliphatic carbocycles. The van der Waals surface area contributed by atoms with Gasteiger partial charge in [-0.25, -0.2) is 9.37 Å². The van der Waals surface area contributed by atoms with Crippen molar-refractivity contribution in [3.63, 3.8) is 0 Å². The molecule has 2 rings (SSSR count). The Morgan fingerprint density at radius 1 is 1.33 bits per heavy atom. The van der Waals surface area contributed by atoms with Gasteiger partial charge in [0.05, 0.1) is 11.0 Å². The van der Waals surface area contributed by atoms with Crippen LogP contribution in [0.4, 0.5) is 10.3 Å². The number of hydrogen-bond donors (Lipinski definition) is 2. The molecule has 18 heavy (non-hydrogen) atoms. The number of imidazole rings is 1. The first kappa shape index (κ1) is 12.8. The summed E-state index contributed by atoms with van der Waals surface area (Å²) in [6.45, 7) is 1.66. The van der Waals surface area contributed by atoms with Crippen molar-refractivity contribution in [1.82, 2.24) is 9.97 Å². The smallest absolute Gasteiger partial charge is 0.201 e. The van der Waals surface area contributed by atoms with Crippen LogP contribution in [0.5, 0.6) is 0 Å². The zero-order chi connectivity index (χ0) is 12.8. The van der Waals surface area contributed by atoms with Crippen molar-refractivity contribution < 1.29 is 9.13 Å². The van der Waals surface area contributed by atoms with Crippen LogP contribution in [0.25, 0.3) is 11.0 Å². The lowest BCUT2D eigenvalue weighted by molar-refractivity contribution is 0.192. The predicted molar refractivity (Wildman–Crippen MR) is 70.3 cm³/mol. The molecule has 1 aromatic carbocycles. The monoisotopic (exact) mass is 251 g/mol. The Hall–Kier alpha value is -1.62. The molecule has 0 atom stereocenters. The van der Waals surface area contributed by atoms with E-state index in [1.807, 2.05) is 0 Å². The van der Waals surface area contributed by atoms with E-state index in [9.17, 15) is 4.39 Å². The Bertz CT molecular complexity index is 498. The number of fused-ring (bicyclic) bond motifs is 1. The Morgan fingerprint density at radius 2 is 2.22 bits per heavy atom. The number of benzene rings is 1. The summed E-state index contributed by atoms with van der Waals surface area (Å²) in [5, 5.41) is 3.20. The van der Waals surface area contributed by atoms with Crippen LogP contribution in [-0.4, -0.2) is 30.2 Å². The first-order valence-electron chi connectivity index (χ1n) is 6.17. The molecule has 0 aliphatic rings. The SMILES string of the molecule is COCCCCCNc1nc2ccc(F)cc2[nH]1. The van der Waals surface area contributed by atoms with Crippen LogP contribution in [0.3, 0.4) is 0 Å². The first-order valence-corrected chi connectivity index (χ1v) is 6.17. The summed E-state index contributed by atoms with van der Waals surface area (Å²) < 4.78 is 18.0. The molecule has 0 unspecified atom stereocenters. The van der Waals surface area contributed by atoms with Crippen molar-refractivity contribution in [3.05, 3.63) is 24.0 Å². The average Bonchev–Trinajstić information content (AvgIpc) is 2.75. The summed E-state index contributed by atoms with van der Waals surface area (Å²) in [5.74, 6) is 0.444. The number of ether oxygens (including phenoxy) is 1. The Balaban J connectivity index is 1.81. The Kier molecular flexibility index (Phi) is 4.52. The summed E-state index contributed by atoms with van der Waals surface area (Å²) in [4.78, 5) is 7.38. The maximum atomic E-state index is 13.0. The number of aromatic nitrogens is 2. The number of unbranched alkanes of at least 4 members (excludes halogenated alkanes) is 2. The Morgan fingerprint density at radius 3 is 3.06 bits per heavy atom. The molecule has 0 fully saturated rings. The molecule has 98 valence electrons. The lowest BCUT2D eigenvalue weighted by Gasteiger charge is -2.02. The molecule has 0 radical (unpaired) electrons. The van der Waals surface area contributed by atoms with Crippen LogP contribution in [0, 0.1) is 5.82 Å². The summed E-state index contributed by atoms with van der Waals surface area (Å²) in [6, 6.07) is 4.54. The van der Waals surface area contributed by atoms with Gasteiger partial charge in [-0.3, -0.25) is 0 Å². The first-order chi connectivity index (χ1) is 8.79. The van der Waals surface area contributed by atoms with Gasteiger partial charge < -0.3 is 15.0 Å². The van der Waals surface area contributed by atoms with Crippen molar-refractivity contribution in [3.8, 4) is 0 Å². The van der Waals surface area contributed by atoms with Crippen LogP contribution < -0.4 is 5.32 Å². The fourth-order valence-corrected chi connectivity index (χ4v) is 1.82. The molecule has 0 aliphatic heterocycles. The number of H-pyrrole nitrogens is 1. The molecule has 4 nitrogen and oxygen atoms in total. The highest BCUT2D eigenvalue weighted by Crippen LogP contribution is 2.15. The minimum Gasteiger partial charge on any atom is -0.385 e.